The quantitative estimate of drug-likeness (QED) is 0.187. The van der Waals surface area contributed by atoms with E-state index < -0.39 is 23.9 Å². The predicted octanol–water partition coefficient (Wildman–Crippen LogP) is 0.772. The molecule has 35 heavy (non-hydrogen) atoms. The van der Waals surface area contributed by atoms with Crippen molar-refractivity contribution in [3.8, 4) is 11.5 Å². The number of carboxylic acid groups (broad SMARTS) is 1. The summed E-state index contributed by atoms with van der Waals surface area (Å²) >= 11 is 0. The van der Waals surface area contributed by atoms with Crippen molar-refractivity contribution in [3.05, 3.63) is 23.8 Å². The van der Waals surface area contributed by atoms with E-state index in [0.29, 0.717) is 25.4 Å². The van der Waals surface area contributed by atoms with Gasteiger partial charge in [0.25, 0.3) is 5.91 Å². The third kappa shape index (κ3) is 10.4. The van der Waals surface area contributed by atoms with E-state index in [1.54, 1.807) is 0 Å². The van der Waals surface area contributed by atoms with E-state index in [9.17, 15) is 24.6 Å². The minimum Gasteiger partial charge on any atom is -0.507 e. The number of hydrogen-bond acceptors (Lipinski definition) is 8. The Labute approximate surface area is 204 Å². The van der Waals surface area contributed by atoms with Crippen LogP contribution >= 0.6 is 0 Å². The number of hydrogen-bond donors (Lipinski definition) is 7. The lowest BCUT2D eigenvalue weighted by Gasteiger charge is -2.17. The maximum Gasteiger partial charge on any atom is 0.328 e. The number of aliphatic imine (C=N–C) groups is 1. The lowest BCUT2D eigenvalue weighted by atomic mass is 10.1. The van der Waals surface area contributed by atoms with Gasteiger partial charge in [0, 0.05) is 32.2 Å². The van der Waals surface area contributed by atoms with Gasteiger partial charge in [0.05, 0.1) is 12.1 Å². The first-order valence-electron chi connectivity index (χ1n) is 11.9. The van der Waals surface area contributed by atoms with E-state index >= 15 is 0 Å². The summed E-state index contributed by atoms with van der Waals surface area (Å²) in [4.78, 5) is 40.1. The van der Waals surface area contributed by atoms with E-state index in [1.165, 1.54) is 18.2 Å². The van der Waals surface area contributed by atoms with Crippen LogP contribution in [0.25, 0.3) is 0 Å². The summed E-state index contributed by atoms with van der Waals surface area (Å²) < 4.78 is 5.57. The summed E-state index contributed by atoms with van der Waals surface area (Å²) in [5.74, 6) is -1.17. The SMILES string of the molecule is CCCCCCNC(=O)N[C@@H](CNC(=O)c1ccc(OCCNC2=NCCCN2)cc1O)C(=O)O. The van der Waals surface area contributed by atoms with Crippen LogP contribution < -0.4 is 31.3 Å². The van der Waals surface area contributed by atoms with Crippen molar-refractivity contribution in [2.75, 3.05) is 39.3 Å². The Balaban J connectivity index is 1.76. The number of nitrogens with one attached hydrogen (secondary N) is 5. The second-order valence-electron chi connectivity index (χ2n) is 8.03. The van der Waals surface area contributed by atoms with Gasteiger partial charge >= 0.3 is 12.0 Å². The number of carbonyl (C=O) groups excluding carboxylic acids is 2. The number of urea groups is 1. The maximum atomic E-state index is 12.4. The van der Waals surface area contributed by atoms with Crippen LogP contribution in [-0.2, 0) is 4.79 Å². The molecule has 1 heterocycles. The number of carboxylic acids is 1. The highest BCUT2D eigenvalue weighted by Crippen LogP contribution is 2.23. The highest BCUT2D eigenvalue weighted by Gasteiger charge is 2.22. The number of amides is 3. The van der Waals surface area contributed by atoms with Gasteiger partial charge in [0.1, 0.15) is 24.1 Å². The van der Waals surface area contributed by atoms with Crippen molar-refractivity contribution >= 4 is 23.9 Å². The molecule has 0 saturated carbocycles. The van der Waals surface area contributed by atoms with Gasteiger partial charge in [0.2, 0.25) is 0 Å². The molecular formula is C23H36N6O6. The van der Waals surface area contributed by atoms with Gasteiger partial charge in [-0.15, -0.1) is 0 Å². The summed E-state index contributed by atoms with van der Waals surface area (Å²) in [6, 6.07) is 2.28. The van der Waals surface area contributed by atoms with Crippen molar-refractivity contribution in [1.82, 2.24) is 26.6 Å². The Morgan fingerprint density at radius 2 is 2.00 bits per heavy atom. The normalized spacial score (nSPS) is 13.6. The van der Waals surface area contributed by atoms with Crippen LogP contribution in [0.4, 0.5) is 4.79 Å². The number of phenols is 1. The Morgan fingerprint density at radius 1 is 1.17 bits per heavy atom. The second kappa shape index (κ2) is 15.3. The molecule has 0 bridgehead atoms. The zero-order valence-corrected chi connectivity index (χ0v) is 20.1. The lowest BCUT2D eigenvalue weighted by molar-refractivity contribution is -0.139. The Bertz CT molecular complexity index is 878. The van der Waals surface area contributed by atoms with Gasteiger partial charge in [-0.25, -0.2) is 9.59 Å². The monoisotopic (exact) mass is 492 g/mol. The molecular weight excluding hydrogens is 456 g/mol. The number of nitrogens with zero attached hydrogens (tertiary/aromatic N) is 1. The summed E-state index contributed by atoms with van der Waals surface area (Å²) in [5, 5.41) is 33.2. The smallest absolute Gasteiger partial charge is 0.328 e. The first-order chi connectivity index (χ1) is 16.9. The van der Waals surface area contributed by atoms with Gasteiger partial charge in [-0.2, -0.15) is 0 Å². The number of benzene rings is 1. The molecule has 0 fully saturated rings. The molecule has 2 rings (SSSR count). The molecule has 0 spiro atoms. The Morgan fingerprint density at radius 3 is 2.69 bits per heavy atom. The third-order valence-corrected chi connectivity index (χ3v) is 5.16. The summed E-state index contributed by atoms with van der Waals surface area (Å²) in [7, 11) is 0. The van der Waals surface area contributed by atoms with Crippen LogP contribution in [-0.4, -0.2) is 79.5 Å². The molecule has 1 aromatic rings. The fourth-order valence-corrected chi connectivity index (χ4v) is 3.24. The van der Waals surface area contributed by atoms with Crippen LogP contribution in [0.1, 0.15) is 49.4 Å². The number of ether oxygens (including phenoxy) is 1. The fraction of sp³-hybridized carbons (Fsp3) is 0.565. The first kappa shape index (κ1) is 27.5. The number of aliphatic carboxylic acids is 1. The molecule has 1 aliphatic heterocycles. The zero-order chi connectivity index (χ0) is 25.5. The number of rotatable bonds is 14. The van der Waals surface area contributed by atoms with E-state index in [4.69, 9.17) is 4.74 Å². The predicted molar refractivity (Wildman–Crippen MR) is 131 cm³/mol. The molecule has 12 heteroatoms. The standard InChI is InChI=1S/C23H36N6O6/c1-2-3-4-5-9-27-23(34)29-18(21(32)33)15-28-20(31)17-8-7-16(14-19(17)30)35-13-12-26-22-24-10-6-11-25-22/h7-8,14,18,30H,2-6,9-13,15H2,1H3,(H,28,31)(H,32,33)(H2,24,25,26)(H2,27,29,34)/t18-/m0/s1. The number of aromatic hydroxyl groups is 1. The largest absolute Gasteiger partial charge is 0.507 e. The maximum absolute atomic E-state index is 12.4. The van der Waals surface area contributed by atoms with Gasteiger partial charge in [-0.05, 0) is 25.0 Å². The zero-order valence-electron chi connectivity index (χ0n) is 20.1. The first-order valence-corrected chi connectivity index (χ1v) is 11.9. The van der Waals surface area contributed by atoms with Crippen LogP contribution in [0.2, 0.25) is 0 Å². The molecule has 0 unspecified atom stereocenters. The summed E-state index contributed by atoms with van der Waals surface area (Å²) in [6.07, 6.45) is 4.93. The van der Waals surface area contributed by atoms with E-state index in [-0.39, 0.29) is 17.9 Å². The van der Waals surface area contributed by atoms with E-state index in [1.807, 2.05) is 0 Å². The third-order valence-electron chi connectivity index (χ3n) is 5.16. The highest BCUT2D eigenvalue weighted by atomic mass is 16.5. The lowest BCUT2D eigenvalue weighted by Crippen LogP contribution is -2.51. The van der Waals surface area contributed by atoms with Crippen molar-refractivity contribution < 1.29 is 29.3 Å². The molecule has 0 saturated heterocycles. The second-order valence-corrected chi connectivity index (χ2v) is 8.03. The van der Waals surface area contributed by atoms with Crippen LogP contribution in [0.3, 0.4) is 0 Å². The minimum atomic E-state index is -1.32. The molecule has 1 aliphatic rings. The van der Waals surface area contributed by atoms with Gasteiger partial charge in [0.15, 0.2) is 5.96 Å². The molecule has 1 atom stereocenters. The van der Waals surface area contributed by atoms with Crippen molar-refractivity contribution in [2.24, 2.45) is 4.99 Å². The molecule has 194 valence electrons. The van der Waals surface area contributed by atoms with Crippen molar-refractivity contribution in [1.29, 1.82) is 0 Å². The van der Waals surface area contributed by atoms with Crippen LogP contribution in [0, 0.1) is 0 Å². The Kier molecular flexibility index (Phi) is 12.0. The molecule has 0 aliphatic carbocycles. The van der Waals surface area contributed by atoms with Crippen molar-refractivity contribution in [3.63, 3.8) is 0 Å². The van der Waals surface area contributed by atoms with Crippen LogP contribution in [0.5, 0.6) is 11.5 Å². The Hall–Kier alpha value is -3.70. The molecule has 0 radical (unpaired) electrons. The van der Waals surface area contributed by atoms with E-state index in [0.717, 1.165) is 51.2 Å². The molecule has 3 amide bonds. The average molecular weight is 493 g/mol. The van der Waals surface area contributed by atoms with Crippen LogP contribution in [0.15, 0.2) is 23.2 Å². The highest BCUT2D eigenvalue weighted by molar-refractivity contribution is 5.97. The molecule has 1 aromatic carbocycles. The topological polar surface area (TPSA) is 173 Å². The van der Waals surface area contributed by atoms with Gasteiger partial charge in [-0.1, -0.05) is 26.2 Å². The molecule has 0 aromatic heterocycles. The van der Waals surface area contributed by atoms with E-state index in [2.05, 4.69) is 38.5 Å². The number of phenolic OH excluding ortho intramolecular Hbond substituents is 1. The molecule has 12 nitrogen and oxygen atoms in total. The molecule has 7 N–H and O–H groups in total. The van der Waals surface area contributed by atoms with Crippen molar-refractivity contribution in [2.45, 2.75) is 45.1 Å². The number of unbranched alkanes of at least 4 members (excludes halogenated alkanes) is 3. The summed E-state index contributed by atoms with van der Waals surface area (Å²) in [6.45, 7) is 4.65. The minimum absolute atomic E-state index is 0.0410. The number of carbonyl (C=O) groups is 3. The number of guanidine groups is 1. The van der Waals surface area contributed by atoms with Gasteiger partial charge in [-0.3, -0.25) is 9.79 Å². The fourth-order valence-electron chi connectivity index (χ4n) is 3.24. The average Bonchev–Trinajstić information content (AvgIpc) is 2.84. The summed E-state index contributed by atoms with van der Waals surface area (Å²) in [5.41, 5.74) is -0.0410. The van der Waals surface area contributed by atoms with Gasteiger partial charge < -0.3 is 41.5 Å².